The van der Waals surface area contributed by atoms with Crippen LogP contribution in [0, 0.1) is 0 Å². The van der Waals surface area contributed by atoms with Crippen LogP contribution in [0.3, 0.4) is 0 Å². The summed E-state index contributed by atoms with van der Waals surface area (Å²) in [7, 11) is 0. The van der Waals surface area contributed by atoms with Gasteiger partial charge in [-0.15, -0.1) is 10.2 Å². The van der Waals surface area contributed by atoms with Crippen molar-refractivity contribution >= 4 is 28.0 Å². The topological polar surface area (TPSA) is 89.2 Å². The van der Waals surface area contributed by atoms with Crippen LogP contribution in [0.1, 0.15) is 35.1 Å². The molecule has 7 nitrogen and oxygen atoms in total. The molecule has 0 unspecified atom stereocenters. The van der Waals surface area contributed by atoms with E-state index in [4.69, 9.17) is 0 Å². The van der Waals surface area contributed by atoms with Crippen molar-refractivity contribution in [3.63, 3.8) is 0 Å². The molecule has 0 fully saturated rings. The Morgan fingerprint density at radius 3 is 2.86 bits per heavy atom. The summed E-state index contributed by atoms with van der Waals surface area (Å²) in [5.74, 6) is -0.307. The minimum Gasteiger partial charge on any atom is -0.296 e. The van der Waals surface area contributed by atoms with Gasteiger partial charge in [-0.1, -0.05) is 31.3 Å². The number of hydrogen-bond acceptors (Lipinski definition) is 6. The summed E-state index contributed by atoms with van der Waals surface area (Å²) in [5, 5.41) is 11.7. The van der Waals surface area contributed by atoms with Crippen molar-refractivity contribution < 1.29 is 4.79 Å². The van der Waals surface area contributed by atoms with Crippen molar-refractivity contribution in [1.82, 2.24) is 19.6 Å². The van der Waals surface area contributed by atoms with E-state index in [1.807, 2.05) is 13.8 Å². The Bertz CT molecular complexity index is 899. The summed E-state index contributed by atoms with van der Waals surface area (Å²) >= 11 is 1.29. The van der Waals surface area contributed by atoms with Gasteiger partial charge in [-0.3, -0.25) is 19.3 Å². The molecule has 22 heavy (non-hydrogen) atoms. The zero-order chi connectivity index (χ0) is 15.7. The largest absolute Gasteiger partial charge is 0.296 e. The van der Waals surface area contributed by atoms with Crippen molar-refractivity contribution in [1.29, 1.82) is 0 Å². The van der Waals surface area contributed by atoms with Gasteiger partial charge in [-0.2, -0.15) is 0 Å². The first-order valence-corrected chi connectivity index (χ1v) is 7.49. The standard InChI is InChI=1S/C14H13N5O2S/c1-8(2)12-17-18-14(22-12)16-11(20)9-7-15-10-5-3-4-6-19(10)13(9)21/h3-8H,1-2H3,(H,16,18,20). The van der Waals surface area contributed by atoms with Gasteiger partial charge >= 0.3 is 0 Å². The highest BCUT2D eigenvalue weighted by atomic mass is 32.1. The molecule has 0 saturated heterocycles. The quantitative estimate of drug-likeness (QED) is 0.797. The van der Waals surface area contributed by atoms with E-state index in [0.29, 0.717) is 10.8 Å². The second-order valence-electron chi connectivity index (χ2n) is 4.96. The van der Waals surface area contributed by atoms with E-state index in [9.17, 15) is 9.59 Å². The smallest absolute Gasteiger partial charge is 0.270 e. The third-order valence-electron chi connectivity index (χ3n) is 3.01. The minimum atomic E-state index is -0.540. The van der Waals surface area contributed by atoms with E-state index in [0.717, 1.165) is 5.01 Å². The van der Waals surface area contributed by atoms with Crippen molar-refractivity contribution in [2.75, 3.05) is 5.32 Å². The summed E-state index contributed by atoms with van der Waals surface area (Å²) < 4.78 is 1.33. The fourth-order valence-electron chi connectivity index (χ4n) is 1.87. The van der Waals surface area contributed by atoms with Crippen LogP contribution in [0.5, 0.6) is 0 Å². The highest BCUT2D eigenvalue weighted by Crippen LogP contribution is 2.22. The molecule has 0 bridgehead atoms. The molecule has 0 aliphatic heterocycles. The number of nitrogens with one attached hydrogen (secondary N) is 1. The Morgan fingerprint density at radius 2 is 2.14 bits per heavy atom. The average Bonchev–Trinajstić information content (AvgIpc) is 2.96. The molecule has 3 aromatic rings. The molecule has 1 amide bonds. The van der Waals surface area contributed by atoms with Crippen LogP contribution in [-0.2, 0) is 0 Å². The monoisotopic (exact) mass is 315 g/mol. The average molecular weight is 315 g/mol. The molecule has 0 aliphatic rings. The molecule has 8 heteroatoms. The van der Waals surface area contributed by atoms with Crippen LogP contribution in [0.4, 0.5) is 5.13 Å². The molecule has 1 N–H and O–H groups in total. The number of rotatable bonds is 3. The number of fused-ring (bicyclic) bond motifs is 1. The SMILES string of the molecule is CC(C)c1nnc(NC(=O)c2cnc3ccccn3c2=O)s1. The summed E-state index contributed by atoms with van der Waals surface area (Å²) in [4.78, 5) is 28.6. The van der Waals surface area contributed by atoms with E-state index >= 15 is 0 Å². The van der Waals surface area contributed by atoms with Crippen molar-refractivity contribution in [3.8, 4) is 0 Å². The Labute approximate surface area is 129 Å². The third kappa shape index (κ3) is 2.60. The Kier molecular flexibility index (Phi) is 3.68. The van der Waals surface area contributed by atoms with Gasteiger partial charge in [-0.25, -0.2) is 4.98 Å². The lowest BCUT2D eigenvalue weighted by molar-refractivity contribution is 0.102. The van der Waals surface area contributed by atoms with Crippen LogP contribution >= 0.6 is 11.3 Å². The zero-order valence-electron chi connectivity index (χ0n) is 12.0. The van der Waals surface area contributed by atoms with Crippen molar-refractivity contribution in [3.05, 3.63) is 51.5 Å². The van der Waals surface area contributed by atoms with E-state index in [1.165, 1.54) is 21.9 Å². The lowest BCUT2D eigenvalue weighted by Gasteiger charge is -2.03. The summed E-state index contributed by atoms with van der Waals surface area (Å²) in [6.45, 7) is 3.98. The number of carbonyl (C=O) groups is 1. The molecular weight excluding hydrogens is 302 g/mol. The maximum absolute atomic E-state index is 12.3. The summed E-state index contributed by atoms with van der Waals surface area (Å²) in [5.41, 5.74) is 0.0313. The van der Waals surface area contributed by atoms with Gasteiger partial charge in [0.2, 0.25) is 5.13 Å². The molecule has 0 spiro atoms. The fourth-order valence-corrected chi connectivity index (χ4v) is 2.61. The van der Waals surface area contributed by atoms with Crippen LogP contribution < -0.4 is 10.9 Å². The third-order valence-corrected chi connectivity index (χ3v) is 4.15. The molecule has 0 aliphatic carbocycles. The molecule has 112 valence electrons. The molecular formula is C14H13N5O2S. The minimum absolute atomic E-state index is 0.0370. The van der Waals surface area contributed by atoms with Gasteiger partial charge < -0.3 is 0 Å². The molecule has 0 atom stereocenters. The second-order valence-corrected chi connectivity index (χ2v) is 5.97. The predicted octanol–water partition coefficient (Wildman–Crippen LogP) is 1.92. The van der Waals surface area contributed by atoms with E-state index < -0.39 is 11.5 Å². The number of nitrogens with zero attached hydrogens (tertiary/aromatic N) is 4. The number of anilines is 1. The molecule has 0 radical (unpaired) electrons. The Morgan fingerprint density at radius 1 is 1.32 bits per heavy atom. The van der Waals surface area contributed by atoms with Crippen LogP contribution in [0.25, 0.3) is 5.65 Å². The number of carbonyl (C=O) groups excluding carboxylic acids is 1. The van der Waals surface area contributed by atoms with Crippen LogP contribution in [0.2, 0.25) is 0 Å². The van der Waals surface area contributed by atoms with Crippen LogP contribution in [0.15, 0.2) is 35.4 Å². The van der Waals surface area contributed by atoms with Gasteiger partial charge in [0.1, 0.15) is 16.2 Å². The molecule has 3 aromatic heterocycles. The molecule has 0 aromatic carbocycles. The Hall–Kier alpha value is -2.61. The van der Waals surface area contributed by atoms with Gasteiger partial charge in [0, 0.05) is 18.3 Å². The molecule has 3 rings (SSSR count). The van der Waals surface area contributed by atoms with E-state index in [2.05, 4.69) is 20.5 Å². The highest BCUT2D eigenvalue weighted by molar-refractivity contribution is 7.15. The second kappa shape index (κ2) is 5.64. The highest BCUT2D eigenvalue weighted by Gasteiger charge is 2.16. The van der Waals surface area contributed by atoms with Crippen molar-refractivity contribution in [2.24, 2.45) is 0 Å². The summed E-state index contributed by atoms with van der Waals surface area (Å²) in [6.07, 6.45) is 2.85. The lowest BCUT2D eigenvalue weighted by Crippen LogP contribution is -2.26. The number of amides is 1. The number of hydrogen-bond donors (Lipinski definition) is 1. The first-order chi connectivity index (χ1) is 10.6. The van der Waals surface area contributed by atoms with Crippen LogP contribution in [-0.4, -0.2) is 25.5 Å². The first kappa shape index (κ1) is 14.3. The predicted molar refractivity (Wildman–Crippen MR) is 83.4 cm³/mol. The molecule has 0 saturated carbocycles. The van der Waals surface area contributed by atoms with Gasteiger partial charge in [-0.05, 0) is 12.1 Å². The number of aromatic nitrogens is 4. The van der Waals surface area contributed by atoms with E-state index in [-0.39, 0.29) is 11.5 Å². The number of pyridine rings is 1. The van der Waals surface area contributed by atoms with E-state index in [1.54, 1.807) is 24.4 Å². The maximum atomic E-state index is 12.3. The normalized spacial score (nSPS) is 11.0. The molecule has 3 heterocycles. The maximum Gasteiger partial charge on any atom is 0.270 e. The van der Waals surface area contributed by atoms with Crippen molar-refractivity contribution in [2.45, 2.75) is 19.8 Å². The van der Waals surface area contributed by atoms with Gasteiger partial charge in [0.05, 0.1) is 0 Å². The van der Waals surface area contributed by atoms with Gasteiger partial charge in [0.15, 0.2) is 0 Å². The summed E-state index contributed by atoms with van der Waals surface area (Å²) in [6, 6.07) is 5.18. The zero-order valence-corrected chi connectivity index (χ0v) is 12.8. The first-order valence-electron chi connectivity index (χ1n) is 6.67. The fraction of sp³-hybridized carbons (Fsp3) is 0.214. The lowest BCUT2D eigenvalue weighted by atomic mass is 10.2. The Balaban J connectivity index is 1.92. The van der Waals surface area contributed by atoms with Gasteiger partial charge in [0.25, 0.3) is 11.5 Å².